The van der Waals surface area contributed by atoms with Crippen LogP contribution in [0.1, 0.15) is 26.7 Å². The first kappa shape index (κ1) is 12.2. The molecule has 0 fully saturated rings. The lowest BCUT2D eigenvalue weighted by atomic mass is 10.1. The Morgan fingerprint density at radius 1 is 1.67 bits per heavy atom. The van der Waals surface area contributed by atoms with Gasteiger partial charge in [-0.2, -0.15) is 9.57 Å². The molecule has 1 atom stereocenters. The first-order chi connectivity index (χ1) is 7.02. The average Bonchev–Trinajstić information content (AvgIpc) is 2.19. The molecule has 0 saturated carbocycles. The Morgan fingerprint density at radius 2 is 2.33 bits per heavy atom. The largest absolute Gasteiger partial charge is 0.230 e. The van der Waals surface area contributed by atoms with E-state index in [1.54, 1.807) is 6.92 Å². The molecule has 84 valence electrons. The van der Waals surface area contributed by atoms with Gasteiger partial charge in [-0.3, -0.25) is 0 Å². The summed E-state index contributed by atoms with van der Waals surface area (Å²) < 4.78 is 25.3. The molecule has 0 aromatic heterocycles. The average molecular weight is 228 g/mol. The predicted molar refractivity (Wildman–Crippen MR) is 58.6 cm³/mol. The number of sulfonamides is 1. The molecule has 0 aliphatic carbocycles. The van der Waals surface area contributed by atoms with E-state index in [2.05, 4.69) is 0 Å². The van der Waals surface area contributed by atoms with Crippen LogP contribution in [0.4, 0.5) is 0 Å². The van der Waals surface area contributed by atoms with Crippen LogP contribution in [-0.2, 0) is 10.0 Å². The second kappa shape index (κ2) is 4.77. The molecule has 1 aliphatic heterocycles. The zero-order chi connectivity index (χ0) is 11.5. The third-order valence-electron chi connectivity index (χ3n) is 2.63. The summed E-state index contributed by atoms with van der Waals surface area (Å²) in [6.45, 7) is 4.62. The van der Waals surface area contributed by atoms with Crippen LogP contribution in [0.15, 0.2) is 11.6 Å². The van der Waals surface area contributed by atoms with Crippen LogP contribution in [0.3, 0.4) is 0 Å². The summed E-state index contributed by atoms with van der Waals surface area (Å²) in [7, 11) is -3.42. The van der Waals surface area contributed by atoms with E-state index in [4.69, 9.17) is 5.26 Å². The van der Waals surface area contributed by atoms with Crippen molar-refractivity contribution in [1.82, 2.24) is 4.31 Å². The van der Waals surface area contributed by atoms with E-state index in [1.807, 2.05) is 19.1 Å². The number of nitrogens with zero attached hydrogens (tertiary/aromatic N) is 2. The zero-order valence-corrected chi connectivity index (χ0v) is 9.92. The lowest BCUT2D eigenvalue weighted by molar-refractivity contribution is 0.426. The summed E-state index contributed by atoms with van der Waals surface area (Å²) in [5.41, 5.74) is 1.21. The zero-order valence-electron chi connectivity index (χ0n) is 9.10. The monoisotopic (exact) mass is 228 g/mol. The highest BCUT2D eigenvalue weighted by molar-refractivity contribution is 7.90. The maximum atomic E-state index is 11.9. The molecule has 1 aliphatic rings. The van der Waals surface area contributed by atoms with Crippen LogP contribution in [0, 0.1) is 11.3 Å². The van der Waals surface area contributed by atoms with Gasteiger partial charge >= 0.3 is 0 Å². The fourth-order valence-electron chi connectivity index (χ4n) is 1.53. The summed E-state index contributed by atoms with van der Waals surface area (Å²) in [5.74, 6) is 0. The van der Waals surface area contributed by atoms with E-state index in [9.17, 15) is 8.42 Å². The van der Waals surface area contributed by atoms with Gasteiger partial charge in [-0.15, -0.1) is 0 Å². The summed E-state index contributed by atoms with van der Waals surface area (Å²) in [6.07, 6.45) is 3.02. The Kier molecular flexibility index (Phi) is 3.89. The second-order valence-corrected chi connectivity index (χ2v) is 5.84. The molecular weight excluding hydrogens is 212 g/mol. The third-order valence-corrected chi connectivity index (χ3v) is 4.84. The number of hydrogen-bond donors (Lipinski definition) is 0. The van der Waals surface area contributed by atoms with Crippen molar-refractivity contribution in [3.05, 3.63) is 11.6 Å². The third kappa shape index (κ3) is 2.58. The van der Waals surface area contributed by atoms with Crippen molar-refractivity contribution in [1.29, 1.82) is 5.26 Å². The van der Waals surface area contributed by atoms with Crippen molar-refractivity contribution in [2.45, 2.75) is 31.9 Å². The van der Waals surface area contributed by atoms with Gasteiger partial charge < -0.3 is 0 Å². The van der Waals surface area contributed by atoms with Crippen LogP contribution in [0.25, 0.3) is 0 Å². The Labute approximate surface area is 91.2 Å². The molecule has 0 aromatic rings. The normalized spacial score (nSPS) is 20.5. The lowest BCUT2D eigenvalue weighted by Gasteiger charge is -2.26. The fraction of sp³-hybridized carbons (Fsp3) is 0.700. The molecule has 0 radical (unpaired) electrons. The quantitative estimate of drug-likeness (QED) is 0.683. The maximum absolute atomic E-state index is 11.9. The maximum Gasteiger partial charge on any atom is 0.230 e. The van der Waals surface area contributed by atoms with Gasteiger partial charge in [-0.1, -0.05) is 18.6 Å². The predicted octanol–water partition coefficient (Wildman–Crippen LogP) is 1.27. The van der Waals surface area contributed by atoms with Gasteiger partial charge in [0, 0.05) is 13.1 Å². The van der Waals surface area contributed by atoms with E-state index in [0.29, 0.717) is 19.5 Å². The smallest absolute Gasteiger partial charge is 0.211 e. The Morgan fingerprint density at radius 3 is 2.73 bits per heavy atom. The van der Waals surface area contributed by atoms with Crippen molar-refractivity contribution in [3.8, 4) is 6.07 Å². The highest BCUT2D eigenvalue weighted by Crippen LogP contribution is 2.17. The molecule has 1 unspecified atom stereocenters. The SMILES string of the molecule is CCC(C#N)S(=O)(=O)N1CC=C(C)CC1. The minimum atomic E-state index is -3.42. The van der Waals surface area contributed by atoms with Gasteiger partial charge in [0.1, 0.15) is 0 Å². The minimum Gasteiger partial charge on any atom is -0.211 e. The lowest BCUT2D eigenvalue weighted by Crippen LogP contribution is -2.40. The molecule has 1 heterocycles. The van der Waals surface area contributed by atoms with E-state index < -0.39 is 15.3 Å². The van der Waals surface area contributed by atoms with Crippen molar-refractivity contribution in [2.75, 3.05) is 13.1 Å². The van der Waals surface area contributed by atoms with E-state index in [-0.39, 0.29) is 0 Å². The van der Waals surface area contributed by atoms with Crippen LogP contribution in [0.5, 0.6) is 0 Å². The second-order valence-electron chi connectivity index (χ2n) is 3.73. The molecule has 0 spiro atoms. The molecule has 0 aromatic carbocycles. The number of nitriles is 1. The molecule has 4 nitrogen and oxygen atoms in total. The number of rotatable bonds is 3. The first-order valence-electron chi connectivity index (χ1n) is 5.06. The van der Waals surface area contributed by atoms with Crippen molar-refractivity contribution >= 4 is 10.0 Å². The molecular formula is C10H16N2O2S. The van der Waals surface area contributed by atoms with Gasteiger partial charge in [0.05, 0.1) is 6.07 Å². The van der Waals surface area contributed by atoms with Crippen molar-refractivity contribution in [3.63, 3.8) is 0 Å². The minimum absolute atomic E-state index is 0.345. The summed E-state index contributed by atoms with van der Waals surface area (Å²) in [5, 5.41) is 7.87. The molecule has 15 heavy (non-hydrogen) atoms. The molecule has 5 heteroatoms. The molecule has 0 bridgehead atoms. The van der Waals surface area contributed by atoms with Crippen molar-refractivity contribution < 1.29 is 8.42 Å². The Balaban J connectivity index is 2.85. The number of hydrogen-bond acceptors (Lipinski definition) is 3. The standard InChI is InChI=1S/C10H16N2O2S/c1-3-10(8-11)15(13,14)12-6-4-9(2)5-7-12/h4,10H,3,5-7H2,1-2H3. The highest BCUT2D eigenvalue weighted by Gasteiger charge is 2.31. The van der Waals surface area contributed by atoms with Gasteiger partial charge in [0.2, 0.25) is 10.0 Å². The van der Waals surface area contributed by atoms with Gasteiger partial charge in [0.25, 0.3) is 0 Å². The first-order valence-corrected chi connectivity index (χ1v) is 6.57. The Hall–Kier alpha value is -0.860. The highest BCUT2D eigenvalue weighted by atomic mass is 32.2. The van der Waals surface area contributed by atoms with Gasteiger partial charge in [-0.05, 0) is 19.8 Å². The molecule has 0 amide bonds. The molecule has 1 rings (SSSR count). The summed E-state index contributed by atoms with van der Waals surface area (Å²) in [4.78, 5) is 0. The van der Waals surface area contributed by atoms with E-state index in [1.165, 1.54) is 9.88 Å². The summed E-state index contributed by atoms with van der Waals surface area (Å²) in [6, 6.07) is 1.85. The van der Waals surface area contributed by atoms with Crippen LogP contribution in [0.2, 0.25) is 0 Å². The van der Waals surface area contributed by atoms with Crippen molar-refractivity contribution in [2.24, 2.45) is 0 Å². The van der Waals surface area contributed by atoms with Crippen LogP contribution in [-0.4, -0.2) is 31.1 Å². The molecule has 0 N–H and O–H groups in total. The molecule has 0 saturated heterocycles. The fourth-order valence-corrected chi connectivity index (χ4v) is 3.07. The Bertz CT molecular complexity index is 392. The summed E-state index contributed by atoms with van der Waals surface area (Å²) >= 11 is 0. The van der Waals surface area contributed by atoms with Crippen LogP contribution < -0.4 is 0 Å². The van der Waals surface area contributed by atoms with Gasteiger partial charge in [-0.25, -0.2) is 8.42 Å². The topological polar surface area (TPSA) is 61.2 Å². The van der Waals surface area contributed by atoms with Crippen LogP contribution >= 0.6 is 0 Å². The van der Waals surface area contributed by atoms with E-state index in [0.717, 1.165) is 6.42 Å². The van der Waals surface area contributed by atoms with E-state index >= 15 is 0 Å². The van der Waals surface area contributed by atoms with Gasteiger partial charge in [0.15, 0.2) is 5.25 Å².